The smallest absolute Gasteiger partial charge is 0.245 e. The van der Waals surface area contributed by atoms with Crippen molar-refractivity contribution in [3.05, 3.63) is 65.9 Å². The molecule has 3 rings (SSSR count). The Morgan fingerprint density at radius 3 is 2.19 bits per heavy atom. The highest BCUT2D eigenvalue weighted by Gasteiger charge is 2.06. The first kappa shape index (κ1) is 17.9. The molecule has 0 amide bonds. The van der Waals surface area contributed by atoms with Gasteiger partial charge in [-0.05, 0) is 54.1 Å². The maximum Gasteiger partial charge on any atom is 0.245 e. The van der Waals surface area contributed by atoms with Gasteiger partial charge in [0.15, 0.2) is 0 Å². The molecule has 1 heterocycles. The van der Waals surface area contributed by atoms with E-state index in [0.717, 1.165) is 22.6 Å². The molecule has 0 aliphatic heterocycles. The Labute approximate surface area is 156 Å². The van der Waals surface area contributed by atoms with Crippen molar-refractivity contribution in [1.82, 2.24) is 9.97 Å². The number of rotatable bonds is 6. The zero-order valence-corrected chi connectivity index (χ0v) is 14.9. The number of anilines is 1. The van der Waals surface area contributed by atoms with Crippen LogP contribution in [-0.4, -0.2) is 30.4 Å². The van der Waals surface area contributed by atoms with E-state index in [-0.39, 0.29) is 11.6 Å². The van der Waals surface area contributed by atoms with E-state index in [1.165, 1.54) is 0 Å². The highest BCUT2D eigenvalue weighted by atomic mass is 16.5. The molecule has 27 heavy (non-hydrogen) atoms. The Hall–Kier alpha value is -3.92. The predicted octanol–water partition coefficient (Wildman–Crippen LogP) is 3.48. The fraction of sp³-hybridized carbons (Fsp3) is 0.100. The molecule has 0 fully saturated rings. The molecule has 0 bridgehead atoms. The van der Waals surface area contributed by atoms with Gasteiger partial charge in [0, 0.05) is 11.6 Å². The van der Waals surface area contributed by atoms with E-state index in [9.17, 15) is 5.26 Å². The second kappa shape index (κ2) is 8.45. The molecule has 0 radical (unpaired) electrons. The third-order valence-corrected chi connectivity index (χ3v) is 3.72. The van der Waals surface area contributed by atoms with Crippen molar-refractivity contribution in [2.45, 2.75) is 0 Å². The monoisotopic (exact) mass is 359 g/mol. The summed E-state index contributed by atoms with van der Waals surface area (Å²) in [5, 5.41) is 13.4. The summed E-state index contributed by atoms with van der Waals surface area (Å²) in [4.78, 5) is 8.55. The van der Waals surface area contributed by atoms with E-state index < -0.39 is 0 Å². The van der Waals surface area contributed by atoms with Crippen LogP contribution in [0.3, 0.4) is 0 Å². The topological polar surface area (TPSA) is 92.4 Å². The van der Waals surface area contributed by atoms with Gasteiger partial charge in [0.05, 0.1) is 26.1 Å². The van der Waals surface area contributed by atoms with Crippen molar-refractivity contribution < 1.29 is 9.47 Å². The van der Waals surface area contributed by atoms with Crippen LogP contribution in [-0.2, 0) is 0 Å². The molecule has 1 N–H and O–H groups in total. The number of nitrogens with one attached hydrogen (secondary N) is 1. The van der Waals surface area contributed by atoms with Crippen LogP contribution in [0.5, 0.6) is 11.5 Å². The lowest BCUT2D eigenvalue weighted by Gasteiger charge is -2.06. The molecule has 0 unspecified atom stereocenters. The standard InChI is InChI=1S/C20H17N5O2/c1-26-17-7-3-14(4-8-17)13-22-25-20-23-16(12-21)11-19(24-20)15-5-9-18(27-2)10-6-15/h3-11,13H,1-2H3,(H,23,24,25)/b22-13+. The number of nitriles is 1. The number of aromatic nitrogens is 2. The summed E-state index contributed by atoms with van der Waals surface area (Å²) in [6.45, 7) is 0. The van der Waals surface area contributed by atoms with E-state index in [0.29, 0.717) is 5.69 Å². The van der Waals surface area contributed by atoms with Crippen molar-refractivity contribution in [3.8, 4) is 28.8 Å². The molecular weight excluding hydrogens is 342 g/mol. The zero-order chi connectivity index (χ0) is 19.1. The SMILES string of the molecule is COc1ccc(/C=N/Nc2nc(C#N)cc(-c3ccc(OC)cc3)n2)cc1. The Morgan fingerprint density at radius 2 is 1.59 bits per heavy atom. The molecule has 134 valence electrons. The molecule has 3 aromatic rings. The summed E-state index contributed by atoms with van der Waals surface area (Å²) in [5.41, 5.74) is 5.36. The second-order valence-corrected chi connectivity index (χ2v) is 5.45. The molecule has 7 heteroatoms. The van der Waals surface area contributed by atoms with Crippen LogP contribution in [0.4, 0.5) is 5.95 Å². The molecule has 0 aliphatic carbocycles. The van der Waals surface area contributed by atoms with E-state index in [1.54, 1.807) is 26.5 Å². The van der Waals surface area contributed by atoms with E-state index in [2.05, 4.69) is 20.5 Å². The van der Waals surface area contributed by atoms with Crippen LogP contribution in [0.15, 0.2) is 59.7 Å². The molecule has 7 nitrogen and oxygen atoms in total. The lowest BCUT2D eigenvalue weighted by Crippen LogP contribution is -2.00. The minimum atomic E-state index is 0.240. The summed E-state index contributed by atoms with van der Waals surface area (Å²) in [5.74, 6) is 1.76. The van der Waals surface area contributed by atoms with Gasteiger partial charge in [-0.1, -0.05) is 0 Å². The molecule has 1 aromatic heterocycles. The van der Waals surface area contributed by atoms with Crippen molar-refractivity contribution in [2.75, 3.05) is 19.6 Å². The van der Waals surface area contributed by atoms with Crippen LogP contribution < -0.4 is 14.9 Å². The molecule has 0 atom stereocenters. The van der Waals surface area contributed by atoms with Gasteiger partial charge in [-0.2, -0.15) is 10.4 Å². The van der Waals surface area contributed by atoms with Crippen LogP contribution in [0, 0.1) is 11.3 Å². The molecule has 2 aromatic carbocycles. The third-order valence-electron chi connectivity index (χ3n) is 3.72. The van der Waals surface area contributed by atoms with Gasteiger partial charge < -0.3 is 9.47 Å². The number of hydrazone groups is 1. The van der Waals surface area contributed by atoms with Gasteiger partial charge in [-0.25, -0.2) is 15.4 Å². The summed E-state index contributed by atoms with van der Waals surface area (Å²) < 4.78 is 10.3. The van der Waals surface area contributed by atoms with Gasteiger partial charge in [0.1, 0.15) is 23.3 Å². The first-order chi connectivity index (χ1) is 13.2. The summed E-state index contributed by atoms with van der Waals surface area (Å²) in [6, 6.07) is 18.5. The highest BCUT2D eigenvalue weighted by Crippen LogP contribution is 2.22. The lowest BCUT2D eigenvalue weighted by atomic mass is 10.1. The van der Waals surface area contributed by atoms with E-state index in [1.807, 2.05) is 54.6 Å². The highest BCUT2D eigenvalue weighted by molar-refractivity contribution is 5.80. The minimum Gasteiger partial charge on any atom is -0.497 e. The zero-order valence-electron chi connectivity index (χ0n) is 14.9. The van der Waals surface area contributed by atoms with Crippen molar-refractivity contribution in [1.29, 1.82) is 5.26 Å². The first-order valence-electron chi connectivity index (χ1n) is 8.08. The normalized spacial score (nSPS) is 10.4. The number of benzene rings is 2. The predicted molar refractivity (Wildman–Crippen MR) is 103 cm³/mol. The average molecular weight is 359 g/mol. The van der Waals surface area contributed by atoms with Crippen molar-refractivity contribution in [3.63, 3.8) is 0 Å². The van der Waals surface area contributed by atoms with Crippen LogP contribution in [0.1, 0.15) is 11.3 Å². The fourth-order valence-electron chi connectivity index (χ4n) is 2.32. The van der Waals surface area contributed by atoms with Gasteiger partial charge >= 0.3 is 0 Å². The summed E-state index contributed by atoms with van der Waals surface area (Å²) >= 11 is 0. The quantitative estimate of drug-likeness (QED) is 0.535. The fourth-order valence-corrected chi connectivity index (χ4v) is 2.32. The second-order valence-electron chi connectivity index (χ2n) is 5.45. The van der Waals surface area contributed by atoms with Gasteiger partial charge in [0.25, 0.3) is 0 Å². The number of hydrogen-bond acceptors (Lipinski definition) is 7. The Balaban J connectivity index is 1.80. The number of ether oxygens (including phenoxy) is 2. The van der Waals surface area contributed by atoms with E-state index in [4.69, 9.17) is 9.47 Å². The third kappa shape index (κ3) is 4.58. The van der Waals surface area contributed by atoms with Gasteiger partial charge in [0.2, 0.25) is 5.95 Å². The summed E-state index contributed by atoms with van der Waals surface area (Å²) in [6.07, 6.45) is 1.63. The number of hydrogen-bond donors (Lipinski definition) is 1. The molecule has 0 spiro atoms. The van der Waals surface area contributed by atoms with Crippen LogP contribution in [0.25, 0.3) is 11.3 Å². The largest absolute Gasteiger partial charge is 0.497 e. The van der Waals surface area contributed by atoms with Crippen LogP contribution >= 0.6 is 0 Å². The Bertz CT molecular complexity index is 977. The van der Waals surface area contributed by atoms with Crippen LogP contribution in [0.2, 0.25) is 0 Å². The Morgan fingerprint density at radius 1 is 0.963 bits per heavy atom. The molecular formula is C20H17N5O2. The summed E-state index contributed by atoms with van der Waals surface area (Å²) in [7, 11) is 3.22. The molecule has 0 aliphatic rings. The molecule has 0 saturated heterocycles. The number of methoxy groups -OCH3 is 2. The maximum atomic E-state index is 9.23. The average Bonchev–Trinajstić information content (AvgIpc) is 2.74. The van der Waals surface area contributed by atoms with E-state index >= 15 is 0 Å². The maximum absolute atomic E-state index is 9.23. The number of nitrogens with zero attached hydrogens (tertiary/aromatic N) is 4. The van der Waals surface area contributed by atoms with Crippen molar-refractivity contribution in [2.24, 2.45) is 5.10 Å². The van der Waals surface area contributed by atoms with Crippen molar-refractivity contribution >= 4 is 12.2 Å². The Kier molecular flexibility index (Phi) is 5.60. The van der Waals surface area contributed by atoms with Gasteiger partial charge in [-0.15, -0.1) is 0 Å². The lowest BCUT2D eigenvalue weighted by molar-refractivity contribution is 0.414. The molecule has 0 saturated carbocycles. The van der Waals surface area contributed by atoms with Gasteiger partial charge in [-0.3, -0.25) is 0 Å². The minimum absolute atomic E-state index is 0.240. The first-order valence-corrected chi connectivity index (χ1v) is 8.08.